The van der Waals surface area contributed by atoms with E-state index in [0.717, 1.165) is 29.2 Å². The molecule has 96 valence electrons. The monoisotopic (exact) mass is 263 g/mol. The normalized spacial score (nSPS) is 12.4. The van der Waals surface area contributed by atoms with Gasteiger partial charge in [0.15, 0.2) is 0 Å². The van der Waals surface area contributed by atoms with E-state index in [1.807, 2.05) is 12.3 Å². The van der Waals surface area contributed by atoms with E-state index in [4.69, 9.17) is 0 Å². The average molecular weight is 263 g/mol. The molecule has 0 radical (unpaired) electrons. The molecule has 1 N–H and O–H groups in total. The van der Waals surface area contributed by atoms with Gasteiger partial charge in [-0.3, -0.25) is 0 Å². The molecule has 2 rings (SSSR count). The summed E-state index contributed by atoms with van der Waals surface area (Å²) >= 11 is 1.62. The molecular formula is C12H17N5S. The van der Waals surface area contributed by atoms with Crippen LogP contribution in [0.25, 0.3) is 0 Å². The van der Waals surface area contributed by atoms with E-state index in [0.29, 0.717) is 5.95 Å². The van der Waals surface area contributed by atoms with Gasteiger partial charge in [0.25, 0.3) is 0 Å². The number of rotatable bonds is 5. The van der Waals surface area contributed by atoms with Crippen molar-refractivity contribution in [2.24, 2.45) is 0 Å². The fraction of sp³-hybridized carbons (Fsp3) is 0.500. The van der Waals surface area contributed by atoms with E-state index in [1.165, 1.54) is 0 Å². The van der Waals surface area contributed by atoms with Crippen molar-refractivity contribution in [2.75, 3.05) is 5.32 Å². The van der Waals surface area contributed by atoms with Crippen molar-refractivity contribution in [3.8, 4) is 0 Å². The molecule has 0 bridgehead atoms. The van der Waals surface area contributed by atoms with Gasteiger partial charge in [-0.25, -0.2) is 9.97 Å². The fourth-order valence-corrected chi connectivity index (χ4v) is 2.35. The van der Waals surface area contributed by atoms with E-state index in [1.54, 1.807) is 17.5 Å². The third-order valence-electron chi connectivity index (χ3n) is 2.68. The maximum atomic E-state index is 4.50. The maximum absolute atomic E-state index is 4.50. The molecule has 6 heteroatoms. The zero-order valence-corrected chi connectivity index (χ0v) is 11.7. The Morgan fingerprint density at radius 2 is 2.00 bits per heavy atom. The van der Waals surface area contributed by atoms with Crippen LogP contribution in [-0.4, -0.2) is 20.2 Å². The number of nitrogens with zero attached hydrogens (tertiary/aromatic N) is 4. The summed E-state index contributed by atoms with van der Waals surface area (Å²) in [4.78, 5) is 8.77. The molecule has 0 aliphatic carbocycles. The minimum absolute atomic E-state index is 0.101. The summed E-state index contributed by atoms with van der Waals surface area (Å²) in [5.74, 6) is 0.576. The van der Waals surface area contributed by atoms with Crippen LogP contribution in [0.4, 0.5) is 5.95 Å². The van der Waals surface area contributed by atoms with Crippen LogP contribution >= 0.6 is 11.3 Å². The van der Waals surface area contributed by atoms with Crippen LogP contribution in [0.1, 0.15) is 43.2 Å². The highest BCUT2D eigenvalue weighted by molar-refractivity contribution is 7.09. The number of hydrogen-bond acceptors (Lipinski definition) is 6. The molecule has 18 heavy (non-hydrogen) atoms. The highest BCUT2D eigenvalue weighted by Crippen LogP contribution is 2.18. The second-order valence-electron chi connectivity index (χ2n) is 3.97. The van der Waals surface area contributed by atoms with Crippen molar-refractivity contribution in [2.45, 2.75) is 39.7 Å². The summed E-state index contributed by atoms with van der Waals surface area (Å²) in [6.07, 6.45) is 3.54. The van der Waals surface area contributed by atoms with Crippen LogP contribution < -0.4 is 5.32 Å². The van der Waals surface area contributed by atoms with Gasteiger partial charge in [0.2, 0.25) is 5.95 Å². The summed E-state index contributed by atoms with van der Waals surface area (Å²) in [5.41, 5.74) is 1.99. The highest BCUT2D eigenvalue weighted by Gasteiger charge is 2.11. The van der Waals surface area contributed by atoms with Crippen molar-refractivity contribution >= 4 is 17.3 Å². The third kappa shape index (κ3) is 2.81. The number of aromatic nitrogens is 4. The molecule has 0 aromatic carbocycles. The molecule has 0 fully saturated rings. The van der Waals surface area contributed by atoms with E-state index in [-0.39, 0.29) is 6.04 Å². The predicted octanol–water partition coefficient (Wildman–Crippen LogP) is 2.63. The molecule has 0 amide bonds. The quantitative estimate of drug-likeness (QED) is 0.898. The summed E-state index contributed by atoms with van der Waals surface area (Å²) in [7, 11) is 0. The zero-order valence-electron chi connectivity index (χ0n) is 10.8. The number of thiazole rings is 1. The van der Waals surface area contributed by atoms with Gasteiger partial charge in [0, 0.05) is 11.6 Å². The molecule has 0 saturated heterocycles. The van der Waals surface area contributed by atoms with Gasteiger partial charge >= 0.3 is 0 Å². The molecule has 2 aromatic rings. The van der Waals surface area contributed by atoms with Gasteiger partial charge in [-0.15, -0.1) is 16.4 Å². The Morgan fingerprint density at radius 1 is 1.22 bits per heavy atom. The molecule has 0 spiro atoms. The number of hydrogen-bond donors (Lipinski definition) is 1. The molecule has 5 nitrogen and oxygen atoms in total. The Morgan fingerprint density at radius 3 is 2.61 bits per heavy atom. The smallest absolute Gasteiger partial charge is 0.243 e. The largest absolute Gasteiger partial charge is 0.344 e. The summed E-state index contributed by atoms with van der Waals surface area (Å²) in [6, 6.07) is 0.101. The molecule has 1 atom stereocenters. The van der Waals surface area contributed by atoms with Crippen molar-refractivity contribution < 1.29 is 0 Å². The molecule has 2 aromatic heterocycles. The van der Waals surface area contributed by atoms with E-state index >= 15 is 0 Å². The Hall–Kier alpha value is -1.56. The molecule has 0 aliphatic heterocycles. The summed E-state index contributed by atoms with van der Waals surface area (Å²) in [5, 5.41) is 14.5. The first-order valence-corrected chi connectivity index (χ1v) is 7.01. The third-order valence-corrected chi connectivity index (χ3v) is 3.63. The lowest BCUT2D eigenvalue weighted by Gasteiger charge is -2.12. The molecule has 2 heterocycles. The Balaban J connectivity index is 2.14. The lowest BCUT2D eigenvalue weighted by atomic mass is 10.2. The van der Waals surface area contributed by atoms with Crippen molar-refractivity contribution in [3.05, 3.63) is 28.0 Å². The van der Waals surface area contributed by atoms with Crippen LogP contribution in [0.3, 0.4) is 0 Å². The molecule has 0 saturated carbocycles. The topological polar surface area (TPSA) is 63.6 Å². The molecule has 1 unspecified atom stereocenters. The van der Waals surface area contributed by atoms with Crippen molar-refractivity contribution in [1.29, 1.82) is 0 Å². The van der Waals surface area contributed by atoms with Crippen LogP contribution in [0.2, 0.25) is 0 Å². The summed E-state index contributed by atoms with van der Waals surface area (Å²) < 4.78 is 0. The lowest BCUT2D eigenvalue weighted by molar-refractivity contribution is 0.786. The van der Waals surface area contributed by atoms with Crippen LogP contribution in [0.15, 0.2) is 11.6 Å². The van der Waals surface area contributed by atoms with Crippen LogP contribution in [0, 0.1) is 0 Å². The Kier molecular flexibility index (Phi) is 4.19. The SMILES string of the molecule is CCc1nnc(NC(C)c2nccs2)nc1CC. The van der Waals surface area contributed by atoms with Gasteiger partial charge < -0.3 is 5.32 Å². The van der Waals surface area contributed by atoms with E-state index in [9.17, 15) is 0 Å². The maximum Gasteiger partial charge on any atom is 0.243 e. The average Bonchev–Trinajstić information content (AvgIpc) is 2.92. The Labute approximate surface area is 111 Å². The van der Waals surface area contributed by atoms with Gasteiger partial charge in [-0.2, -0.15) is 5.10 Å². The first-order chi connectivity index (χ1) is 8.74. The van der Waals surface area contributed by atoms with E-state index < -0.39 is 0 Å². The lowest BCUT2D eigenvalue weighted by Crippen LogP contribution is -2.12. The van der Waals surface area contributed by atoms with Gasteiger partial charge in [0.1, 0.15) is 5.01 Å². The van der Waals surface area contributed by atoms with Crippen molar-refractivity contribution in [1.82, 2.24) is 20.2 Å². The zero-order chi connectivity index (χ0) is 13.0. The molecular weight excluding hydrogens is 246 g/mol. The van der Waals surface area contributed by atoms with Crippen molar-refractivity contribution in [3.63, 3.8) is 0 Å². The van der Waals surface area contributed by atoms with Gasteiger partial charge in [-0.1, -0.05) is 13.8 Å². The van der Waals surface area contributed by atoms with Gasteiger partial charge in [-0.05, 0) is 19.8 Å². The van der Waals surface area contributed by atoms with Crippen LogP contribution in [0.5, 0.6) is 0 Å². The second kappa shape index (κ2) is 5.86. The van der Waals surface area contributed by atoms with E-state index in [2.05, 4.69) is 39.3 Å². The minimum atomic E-state index is 0.101. The number of anilines is 1. The Bertz CT molecular complexity index is 497. The first kappa shape index (κ1) is 12.9. The standard InChI is InChI=1S/C12H17N5S/c1-4-9-10(5-2)16-17-12(15-9)14-8(3)11-13-6-7-18-11/h6-8H,4-5H2,1-3H3,(H,14,15,17). The van der Waals surface area contributed by atoms with Gasteiger partial charge in [0.05, 0.1) is 17.4 Å². The predicted molar refractivity (Wildman–Crippen MR) is 72.7 cm³/mol. The number of nitrogens with one attached hydrogen (secondary N) is 1. The fourth-order valence-electron chi connectivity index (χ4n) is 1.70. The minimum Gasteiger partial charge on any atom is -0.344 e. The molecule has 0 aliphatic rings. The second-order valence-corrected chi connectivity index (χ2v) is 4.90. The number of aryl methyl sites for hydroxylation is 2. The summed E-state index contributed by atoms with van der Waals surface area (Å²) in [6.45, 7) is 6.19. The van der Waals surface area contributed by atoms with Crippen LogP contribution in [-0.2, 0) is 12.8 Å². The first-order valence-electron chi connectivity index (χ1n) is 6.13. The highest BCUT2D eigenvalue weighted by atomic mass is 32.1.